The van der Waals surface area contributed by atoms with Crippen molar-refractivity contribution in [1.29, 1.82) is 0 Å². The molecule has 2 aromatic heterocycles. The van der Waals surface area contributed by atoms with Gasteiger partial charge in [0.1, 0.15) is 5.82 Å². The number of halogens is 1. The second kappa shape index (κ2) is 7.32. The first-order valence-corrected chi connectivity index (χ1v) is 9.50. The van der Waals surface area contributed by atoms with E-state index in [9.17, 15) is 9.18 Å². The molecule has 136 valence electrons. The topological polar surface area (TPSA) is 57.8 Å². The molecule has 0 atom stereocenters. The van der Waals surface area contributed by atoms with Crippen LogP contribution in [0.1, 0.15) is 16.9 Å². The number of aryl methyl sites for hydroxylation is 2. The number of aromatic nitrogens is 2. The Balaban J connectivity index is 1.42. The molecule has 0 saturated heterocycles. The van der Waals surface area contributed by atoms with Gasteiger partial charge in [0.25, 0.3) is 0 Å². The van der Waals surface area contributed by atoms with Gasteiger partial charge in [-0.2, -0.15) is 0 Å². The third-order valence-electron chi connectivity index (χ3n) is 4.46. The van der Waals surface area contributed by atoms with Crippen LogP contribution in [-0.2, 0) is 11.2 Å². The Morgan fingerprint density at radius 3 is 2.78 bits per heavy atom. The van der Waals surface area contributed by atoms with Crippen LogP contribution in [0.25, 0.3) is 22.2 Å². The van der Waals surface area contributed by atoms with Crippen LogP contribution in [0.4, 0.5) is 9.52 Å². The van der Waals surface area contributed by atoms with Gasteiger partial charge < -0.3 is 10.3 Å². The van der Waals surface area contributed by atoms with Gasteiger partial charge in [-0.15, -0.1) is 11.3 Å². The van der Waals surface area contributed by atoms with Gasteiger partial charge in [-0.25, -0.2) is 9.37 Å². The third kappa shape index (κ3) is 3.75. The predicted molar refractivity (Wildman–Crippen MR) is 107 cm³/mol. The number of hydrogen-bond donors (Lipinski definition) is 2. The second-order valence-electron chi connectivity index (χ2n) is 6.34. The quantitative estimate of drug-likeness (QED) is 0.494. The lowest BCUT2D eigenvalue weighted by atomic mass is 10.1. The Morgan fingerprint density at radius 2 is 1.96 bits per heavy atom. The van der Waals surface area contributed by atoms with Gasteiger partial charge in [-0.3, -0.25) is 4.79 Å². The average Bonchev–Trinajstić information content (AvgIpc) is 3.24. The average molecular weight is 379 g/mol. The fraction of sp³-hybridized carbons (Fsp3) is 0.143. The molecule has 0 bridgehead atoms. The molecule has 0 aliphatic heterocycles. The van der Waals surface area contributed by atoms with Crippen molar-refractivity contribution >= 4 is 33.3 Å². The molecule has 0 aliphatic rings. The summed E-state index contributed by atoms with van der Waals surface area (Å²) in [5, 5.41) is 4.59. The van der Waals surface area contributed by atoms with E-state index in [1.807, 2.05) is 31.3 Å². The molecular weight excluding hydrogens is 361 g/mol. The fourth-order valence-electron chi connectivity index (χ4n) is 3.09. The smallest absolute Gasteiger partial charge is 0.226 e. The minimum absolute atomic E-state index is 0.0697. The number of thiazole rings is 1. The van der Waals surface area contributed by atoms with Crippen LogP contribution >= 0.6 is 11.3 Å². The highest BCUT2D eigenvalue weighted by Gasteiger charge is 2.13. The number of rotatable bonds is 5. The number of nitrogens with zero attached hydrogens (tertiary/aromatic N) is 1. The highest BCUT2D eigenvalue weighted by atomic mass is 32.1. The molecule has 6 heteroatoms. The van der Waals surface area contributed by atoms with Crippen molar-refractivity contribution in [3.05, 3.63) is 71.0 Å². The fourth-order valence-corrected chi connectivity index (χ4v) is 3.95. The van der Waals surface area contributed by atoms with Crippen molar-refractivity contribution < 1.29 is 9.18 Å². The van der Waals surface area contributed by atoms with Crippen LogP contribution in [0.15, 0.2) is 54.7 Å². The van der Waals surface area contributed by atoms with E-state index in [0.29, 0.717) is 18.0 Å². The van der Waals surface area contributed by atoms with Crippen LogP contribution in [0, 0.1) is 12.7 Å². The molecule has 4 nitrogen and oxygen atoms in total. The van der Waals surface area contributed by atoms with Gasteiger partial charge in [0, 0.05) is 34.0 Å². The monoisotopic (exact) mass is 379 g/mol. The number of aromatic amines is 1. The van der Waals surface area contributed by atoms with E-state index in [4.69, 9.17) is 0 Å². The summed E-state index contributed by atoms with van der Waals surface area (Å²) in [5.41, 5.74) is 3.81. The van der Waals surface area contributed by atoms with E-state index < -0.39 is 0 Å². The number of carbonyl (C=O) groups excluding carboxylic acids is 1. The molecule has 4 rings (SSSR count). The van der Waals surface area contributed by atoms with E-state index in [1.54, 1.807) is 12.1 Å². The minimum atomic E-state index is -0.280. The first-order chi connectivity index (χ1) is 13.1. The number of nitrogens with one attached hydrogen (secondary N) is 2. The molecule has 0 spiro atoms. The van der Waals surface area contributed by atoms with Crippen LogP contribution < -0.4 is 5.32 Å². The van der Waals surface area contributed by atoms with Gasteiger partial charge in [0.05, 0.1) is 5.69 Å². The number of hydrogen-bond acceptors (Lipinski definition) is 3. The third-order valence-corrected chi connectivity index (χ3v) is 5.34. The maximum Gasteiger partial charge on any atom is 0.226 e. The van der Waals surface area contributed by atoms with Crippen molar-refractivity contribution in [2.45, 2.75) is 19.8 Å². The van der Waals surface area contributed by atoms with Gasteiger partial charge in [0.15, 0.2) is 5.13 Å². The summed E-state index contributed by atoms with van der Waals surface area (Å²) in [7, 11) is 0. The number of fused-ring (bicyclic) bond motifs is 1. The molecule has 0 fully saturated rings. The zero-order valence-electron chi connectivity index (χ0n) is 14.8. The van der Waals surface area contributed by atoms with Crippen molar-refractivity contribution in [2.75, 3.05) is 5.32 Å². The van der Waals surface area contributed by atoms with E-state index in [0.717, 1.165) is 32.6 Å². The Kier molecular flexibility index (Phi) is 4.73. The predicted octanol–water partition coefficient (Wildman–Crippen LogP) is 5.31. The van der Waals surface area contributed by atoms with Crippen molar-refractivity contribution in [3.63, 3.8) is 0 Å². The van der Waals surface area contributed by atoms with Gasteiger partial charge in [0.2, 0.25) is 5.91 Å². The zero-order valence-corrected chi connectivity index (χ0v) is 15.6. The summed E-state index contributed by atoms with van der Waals surface area (Å²) in [6, 6.07) is 14.3. The molecule has 2 N–H and O–H groups in total. The first kappa shape index (κ1) is 17.4. The van der Waals surface area contributed by atoms with Crippen molar-refractivity contribution in [1.82, 2.24) is 9.97 Å². The van der Waals surface area contributed by atoms with E-state index >= 15 is 0 Å². The molecule has 0 saturated carbocycles. The molecule has 4 aromatic rings. The Morgan fingerprint density at radius 1 is 1.19 bits per heavy atom. The number of H-pyrrole nitrogens is 1. The van der Waals surface area contributed by atoms with Crippen molar-refractivity contribution in [3.8, 4) is 11.3 Å². The lowest BCUT2D eigenvalue weighted by Crippen LogP contribution is -2.12. The SMILES string of the molecule is Cc1sc(NC(=O)CCc2c[nH]c3ccccc23)nc1-c1ccc(F)cc1. The minimum Gasteiger partial charge on any atom is -0.361 e. The molecule has 0 unspecified atom stereocenters. The normalized spacial score (nSPS) is 11.0. The molecule has 1 amide bonds. The number of benzene rings is 2. The van der Waals surface area contributed by atoms with E-state index in [-0.39, 0.29) is 11.7 Å². The summed E-state index contributed by atoms with van der Waals surface area (Å²) in [4.78, 5) is 21.0. The Bertz CT molecular complexity index is 1100. The number of amides is 1. The second-order valence-corrected chi connectivity index (χ2v) is 7.54. The standard InChI is InChI=1S/C21H18FN3OS/c1-13-20(14-6-9-16(22)10-7-14)25-21(27-13)24-19(26)11-8-15-12-23-18-5-3-2-4-17(15)18/h2-7,9-10,12,23H,8,11H2,1H3,(H,24,25,26). The molecule has 2 aromatic carbocycles. The highest BCUT2D eigenvalue weighted by Crippen LogP contribution is 2.30. The molecule has 27 heavy (non-hydrogen) atoms. The van der Waals surface area contributed by atoms with Crippen LogP contribution in [0.2, 0.25) is 0 Å². The van der Waals surface area contributed by atoms with Crippen LogP contribution in [-0.4, -0.2) is 15.9 Å². The van der Waals surface area contributed by atoms with E-state index in [2.05, 4.69) is 21.4 Å². The molecular formula is C21H18FN3OS. The summed E-state index contributed by atoms with van der Waals surface area (Å²) >= 11 is 1.42. The van der Waals surface area contributed by atoms with E-state index in [1.165, 1.54) is 23.5 Å². The first-order valence-electron chi connectivity index (χ1n) is 8.68. The van der Waals surface area contributed by atoms with Crippen molar-refractivity contribution in [2.24, 2.45) is 0 Å². The lowest BCUT2D eigenvalue weighted by molar-refractivity contribution is -0.116. The van der Waals surface area contributed by atoms with Gasteiger partial charge in [-0.05, 0) is 49.2 Å². The lowest BCUT2D eigenvalue weighted by Gasteiger charge is -2.01. The van der Waals surface area contributed by atoms with Crippen LogP contribution in [0.3, 0.4) is 0 Å². The maximum absolute atomic E-state index is 13.1. The van der Waals surface area contributed by atoms with Gasteiger partial charge >= 0.3 is 0 Å². The number of para-hydroxylation sites is 1. The Labute approximate surface area is 160 Å². The molecule has 0 radical (unpaired) electrons. The van der Waals surface area contributed by atoms with Crippen LogP contribution in [0.5, 0.6) is 0 Å². The maximum atomic E-state index is 13.1. The molecule has 2 heterocycles. The summed E-state index contributed by atoms with van der Waals surface area (Å²) in [6.45, 7) is 1.94. The number of anilines is 1. The zero-order chi connectivity index (χ0) is 18.8. The Hall–Kier alpha value is -2.99. The summed E-state index contributed by atoms with van der Waals surface area (Å²) in [5.74, 6) is -0.350. The largest absolute Gasteiger partial charge is 0.361 e. The van der Waals surface area contributed by atoms with Gasteiger partial charge in [-0.1, -0.05) is 18.2 Å². The highest BCUT2D eigenvalue weighted by molar-refractivity contribution is 7.16. The summed E-state index contributed by atoms with van der Waals surface area (Å²) in [6.07, 6.45) is 3.00. The molecule has 0 aliphatic carbocycles. The number of carbonyl (C=O) groups is 1. The summed E-state index contributed by atoms with van der Waals surface area (Å²) < 4.78 is 13.1.